The normalized spacial score (nSPS) is 11.7. The second-order valence-corrected chi connectivity index (χ2v) is 7.61. The van der Waals surface area contributed by atoms with Crippen LogP contribution in [0.25, 0.3) is 11.3 Å². The van der Waals surface area contributed by atoms with Gasteiger partial charge in [0.25, 0.3) is 5.91 Å². The van der Waals surface area contributed by atoms with Crippen LogP contribution in [0.3, 0.4) is 0 Å². The predicted molar refractivity (Wildman–Crippen MR) is 114 cm³/mol. The molecule has 0 aliphatic carbocycles. The molecule has 3 rings (SSSR count). The van der Waals surface area contributed by atoms with Crippen LogP contribution in [0.4, 0.5) is 13.2 Å². The van der Waals surface area contributed by atoms with E-state index in [1.807, 2.05) is 26.0 Å². The van der Waals surface area contributed by atoms with Crippen LogP contribution in [0.1, 0.15) is 22.5 Å². The van der Waals surface area contributed by atoms with Crippen LogP contribution in [0, 0.1) is 13.8 Å². The van der Waals surface area contributed by atoms with Crippen molar-refractivity contribution in [2.24, 2.45) is 5.10 Å². The van der Waals surface area contributed by atoms with Crippen LogP contribution in [0.15, 0.2) is 62.5 Å². The minimum atomic E-state index is -4.44. The number of rotatable bonds is 6. The monoisotopic (exact) mass is 494 g/mol. The molecule has 3 aromatic rings. The van der Waals surface area contributed by atoms with Gasteiger partial charge in [-0.3, -0.25) is 4.79 Å². The molecule has 0 bridgehead atoms. The van der Waals surface area contributed by atoms with E-state index in [9.17, 15) is 18.0 Å². The standard InChI is InChI=1S/C22H18BrF3N2O3/c1-13-8-14(2)21(18(23)9-13)30-12-20(29)28-27-11-17-6-7-19(31-17)15-4-3-5-16(10-15)22(24,25)26/h3-11H,12H2,1-2H3,(H,28,29)/b27-11+. The summed E-state index contributed by atoms with van der Waals surface area (Å²) < 4.78 is 50.4. The lowest BCUT2D eigenvalue weighted by Crippen LogP contribution is -2.24. The number of aryl methyl sites for hydroxylation is 2. The van der Waals surface area contributed by atoms with Crippen molar-refractivity contribution in [3.05, 3.63) is 75.5 Å². The molecule has 0 aliphatic rings. The lowest BCUT2D eigenvalue weighted by Gasteiger charge is -2.11. The topological polar surface area (TPSA) is 63.8 Å². The Labute approximate surface area is 185 Å². The summed E-state index contributed by atoms with van der Waals surface area (Å²) in [6.07, 6.45) is -3.19. The van der Waals surface area contributed by atoms with E-state index in [0.29, 0.717) is 5.75 Å². The van der Waals surface area contributed by atoms with Crippen molar-refractivity contribution in [1.82, 2.24) is 5.43 Å². The molecule has 0 aliphatic heterocycles. The molecule has 1 aromatic heterocycles. The number of benzene rings is 2. The number of carbonyl (C=O) groups is 1. The Kier molecular flexibility index (Phi) is 6.84. The van der Waals surface area contributed by atoms with Gasteiger partial charge in [-0.05, 0) is 71.2 Å². The van der Waals surface area contributed by atoms with Crippen molar-refractivity contribution in [3.63, 3.8) is 0 Å². The van der Waals surface area contributed by atoms with E-state index in [4.69, 9.17) is 9.15 Å². The molecule has 0 unspecified atom stereocenters. The Morgan fingerprint density at radius 2 is 1.97 bits per heavy atom. The van der Waals surface area contributed by atoms with Crippen molar-refractivity contribution in [1.29, 1.82) is 0 Å². The molecule has 162 valence electrons. The summed E-state index contributed by atoms with van der Waals surface area (Å²) in [5.74, 6) is 0.613. The van der Waals surface area contributed by atoms with E-state index in [0.717, 1.165) is 27.7 Å². The first kappa shape index (κ1) is 22.6. The fraction of sp³-hybridized carbons (Fsp3) is 0.182. The van der Waals surface area contributed by atoms with Crippen molar-refractivity contribution >= 4 is 28.1 Å². The number of hydrogen-bond donors (Lipinski definition) is 1. The maximum Gasteiger partial charge on any atom is 0.416 e. The summed E-state index contributed by atoms with van der Waals surface area (Å²) >= 11 is 3.41. The molecule has 0 atom stereocenters. The second-order valence-electron chi connectivity index (χ2n) is 6.76. The number of hydrogen-bond acceptors (Lipinski definition) is 4. The Balaban J connectivity index is 1.58. The van der Waals surface area contributed by atoms with E-state index in [-0.39, 0.29) is 23.7 Å². The number of amides is 1. The first-order chi connectivity index (χ1) is 14.6. The third-order valence-corrected chi connectivity index (χ3v) is 4.79. The largest absolute Gasteiger partial charge is 0.482 e. The van der Waals surface area contributed by atoms with E-state index in [1.54, 1.807) is 0 Å². The third-order valence-electron chi connectivity index (χ3n) is 4.20. The van der Waals surface area contributed by atoms with Gasteiger partial charge in [0.1, 0.15) is 17.3 Å². The van der Waals surface area contributed by atoms with Crippen LogP contribution >= 0.6 is 15.9 Å². The molecule has 1 amide bonds. The van der Waals surface area contributed by atoms with Gasteiger partial charge in [0, 0.05) is 5.56 Å². The molecule has 0 saturated heterocycles. The molecular formula is C22H18BrF3N2O3. The lowest BCUT2D eigenvalue weighted by atomic mass is 10.1. The van der Waals surface area contributed by atoms with Gasteiger partial charge in [-0.15, -0.1) is 0 Å². The number of nitrogens with one attached hydrogen (secondary N) is 1. The molecule has 0 spiro atoms. The van der Waals surface area contributed by atoms with Crippen LogP contribution in [0.2, 0.25) is 0 Å². The summed E-state index contributed by atoms with van der Waals surface area (Å²) in [5, 5.41) is 3.79. The van der Waals surface area contributed by atoms with Gasteiger partial charge in [0.05, 0.1) is 16.3 Å². The van der Waals surface area contributed by atoms with Crippen LogP contribution in [-0.2, 0) is 11.0 Å². The maximum absolute atomic E-state index is 12.9. The number of carbonyl (C=O) groups excluding carboxylic acids is 1. The smallest absolute Gasteiger partial charge is 0.416 e. The Hall–Kier alpha value is -3.07. The van der Waals surface area contributed by atoms with Gasteiger partial charge in [-0.25, -0.2) is 5.43 Å². The highest BCUT2D eigenvalue weighted by atomic mass is 79.9. The van der Waals surface area contributed by atoms with Crippen molar-refractivity contribution in [3.8, 4) is 17.1 Å². The lowest BCUT2D eigenvalue weighted by molar-refractivity contribution is -0.137. The fourth-order valence-electron chi connectivity index (χ4n) is 2.85. The number of alkyl halides is 3. The molecule has 9 heteroatoms. The highest BCUT2D eigenvalue weighted by molar-refractivity contribution is 9.10. The average Bonchev–Trinajstić information content (AvgIpc) is 3.15. The summed E-state index contributed by atoms with van der Waals surface area (Å²) in [4.78, 5) is 12.0. The zero-order valence-corrected chi connectivity index (χ0v) is 18.2. The summed E-state index contributed by atoms with van der Waals surface area (Å²) in [7, 11) is 0. The van der Waals surface area contributed by atoms with Gasteiger partial charge >= 0.3 is 6.18 Å². The maximum atomic E-state index is 12.9. The fourth-order valence-corrected chi connectivity index (χ4v) is 3.64. The van der Waals surface area contributed by atoms with E-state index in [1.165, 1.54) is 30.5 Å². The molecule has 1 heterocycles. The highest BCUT2D eigenvalue weighted by Crippen LogP contribution is 2.32. The molecule has 0 radical (unpaired) electrons. The summed E-state index contributed by atoms with van der Waals surface area (Å²) in [6.45, 7) is 3.59. The summed E-state index contributed by atoms with van der Waals surface area (Å²) in [5.41, 5.74) is 3.78. The first-order valence-electron chi connectivity index (χ1n) is 9.12. The minimum absolute atomic E-state index is 0.243. The molecule has 2 aromatic carbocycles. The molecule has 1 N–H and O–H groups in total. The van der Waals surface area contributed by atoms with Gasteiger partial charge in [0.15, 0.2) is 6.61 Å². The minimum Gasteiger partial charge on any atom is -0.482 e. The summed E-state index contributed by atoms with van der Waals surface area (Å²) in [6, 6.07) is 11.7. The average molecular weight is 495 g/mol. The van der Waals surface area contributed by atoms with Crippen LogP contribution in [0.5, 0.6) is 5.75 Å². The van der Waals surface area contributed by atoms with Crippen LogP contribution in [-0.4, -0.2) is 18.7 Å². The van der Waals surface area contributed by atoms with E-state index in [2.05, 4.69) is 26.5 Å². The van der Waals surface area contributed by atoms with Gasteiger partial charge in [0.2, 0.25) is 0 Å². The van der Waals surface area contributed by atoms with Crippen molar-refractivity contribution in [2.45, 2.75) is 20.0 Å². The zero-order chi connectivity index (χ0) is 22.6. The van der Waals surface area contributed by atoms with Gasteiger partial charge in [-0.2, -0.15) is 18.3 Å². The molecule has 31 heavy (non-hydrogen) atoms. The number of nitrogens with zero attached hydrogens (tertiary/aromatic N) is 1. The first-order valence-corrected chi connectivity index (χ1v) is 9.91. The third kappa shape index (κ3) is 5.97. The Morgan fingerprint density at radius 3 is 2.68 bits per heavy atom. The van der Waals surface area contributed by atoms with Crippen molar-refractivity contribution < 1.29 is 27.1 Å². The quantitative estimate of drug-likeness (QED) is 0.344. The van der Waals surface area contributed by atoms with Gasteiger partial charge in [-0.1, -0.05) is 18.2 Å². The predicted octanol–water partition coefficient (Wildman–Crippen LogP) is 5.87. The SMILES string of the molecule is Cc1cc(C)c(OCC(=O)N/N=C/c2ccc(-c3cccc(C(F)(F)F)c3)o2)c(Br)c1. The second kappa shape index (κ2) is 9.38. The van der Waals surface area contributed by atoms with Crippen molar-refractivity contribution in [2.75, 3.05) is 6.61 Å². The van der Waals surface area contributed by atoms with Gasteiger partial charge < -0.3 is 9.15 Å². The zero-order valence-electron chi connectivity index (χ0n) is 16.6. The molecule has 0 saturated carbocycles. The number of hydrazone groups is 1. The highest BCUT2D eigenvalue weighted by Gasteiger charge is 2.30. The molecule has 0 fully saturated rings. The number of furan rings is 1. The Morgan fingerprint density at radius 1 is 1.19 bits per heavy atom. The number of ether oxygens (including phenoxy) is 1. The number of halogens is 4. The van der Waals surface area contributed by atoms with E-state index < -0.39 is 17.6 Å². The van der Waals surface area contributed by atoms with Crippen LogP contribution < -0.4 is 10.2 Å². The van der Waals surface area contributed by atoms with E-state index >= 15 is 0 Å². The molecule has 5 nitrogen and oxygen atoms in total. The molecular weight excluding hydrogens is 477 g/mol. The Bertz CT molecular complexity index is 1100.